The van der Waals surface area contributed by atoms with E-state index in [0.717, 1.165) is 5.69 Å². The van der Waals surface area contributed by atoms with Crippen LogP contribution in [0.1, 0.15) is 11.4 Å². The summed E-state index contributed by atoms with van der Waals surface area (Å²) in [7, 11) is 0. The van der Waals surface area contributed by atoms with Gasteiger partial charge in [-0.15, -0.1) is 0 Å². The van der Waals surface area contributed by atoms with Crippen LogP contribution in [-0.2, 0) is 12.7 Å². The molecule has 2 aromatic rings. The van der Waals surface area contributed by atoms with Crippen LogP contribution in [0.25, 0.3) is 0 Å². The maximum atomic E-state index is 12.6. The van der Waals surface area contributed by atoms with Crippen molar-refractivity contribution in [2.75, 3.05) is 11.1 Å². The van der Waals surface area contributed by atoms with E-state index in [9.17, 15) is 13.2 Å². The summed E-state index contributed by atoms with van der Waals surface area (Å²) in [6.45, 7) is -0.0680. The van der Waals surface area contributed by atoms with Crippen LogP contribution in [0.5, 0.6) is 0 Å². The summed E-state index contributed by atoms with van der Waals surface area (Å²) >= 11 is 5.05. The fourth-order valence-electron chi connectivity index (χ4n) is 1.56. The van der Waals surface area contributed by atoms with E-state index in [2.05, 4.69) is 20.6 Å². The molecule has 2 rings (SSSR count). The number of aromatic nitrogens is 2. The quantitative estimate of drug-likeness (QED) is 0.752. The van der Waals surface area contributed by atoms with Gasteiger partial charge in [-0.05, 0) is 24.4 Å². The zero-order valence-corrected chi connectivity index (χ0v) is 12.0. The number of nitrogens with one attached hydrogen (secondary N) is 2. The Kier molecular flexibility index (Phi) is 4.76. The van der Waals surface area contributed by atoms with E-state index in [0.29, 0.717) is 6.20 Å². The van der Waals surface area contributed by atoms with Crippen LogP contribution in [0.3, 0.4) is 0 Å². The first-order valence-electron chi connectivity index (χ1n) is 6.15. The van der Waals surface area contributed by atoms with Crippen molar-refractivity contribution in [3.8, 4) is 0 Å². The third-order valence-electron chi connectivity index (χ3n) is 2.62. The second-order valence-corrected chi connectivity index (χ2v) is 4.67. The van der Waals surface area contributed by atoms with Crippen LogP contribution >= 0.6 is 12.2 Å². The summed E-state index contributed by atoms with van der Waals surface area (Å²) in [6.07, 6.45) is -3.97. The third kappa shape index (κ3) is 4.29. The number of halogens is 3. The van der Waals surface area contributed by atoms with Crippen LogP contribution in [0, 0.1) is 0 Å². The second-order valence-electron chi connectivity index (χ2n) is 4.26. The molecule has 0 saturated heterocycles. The van der Waals surface area contributed by atoms with E-state index in [-0.39, 0.29) is 23.2 Å². The van der Waals surface area contributed by atoms with Gasteiger partial charge in [-0.1, -0.05) is 18.2 Å². The van der Waals surface area contributed by atoms with Crippen molar-refractivity contribution in [3.05, 3.63) is 47.9 Å². The van der Waals surface area contributed by atoms with E-state index in [4.69, 9.17) is 18.0 Å². The normalized spacial score (nSPS) is 11.0. The number of nitrogens with two attached hydrogens (primary N) is 1. The fraction of sp³-hybridized carbons (Fsp3) is 0.154. The van der Waals surface area contributed by atoms with Crippen molar-refractivity contribution in [3.63, 3.8) is 0 Å². The SMILES string of the molecule is Nc1ncc(C(F)(F)F)nc1CNC(=S)Nc1ccccc1. The molecule has 0 fully saturated rings. The van der Waals surface area contributed by atoms with Crippen LogP contribution in [0.4, 0.5) is 24.7 Å². The molecule has 116 valence electrons. The monoisotopic (exact) mass is 327 g/mol. The molecule has 0 unspecified atom stereocenters. The number of rotatable bonds is 3. The first-order valence-corrected chi connectivity index (χ1v) is 6.55. The summed E-state index contributed by atoms with van der Waals surface area (Å²) in [6, 6.07) is 9.09. The molecular formula is C13H12F3N5S. The summed E-state index contributed by atoms with van der Waals surface area (Å²) in [5.74, 6) is -0.0805. The predicted molar refractivity (Wildman–Crippen MR) is 80.9 cm³/mol. The van der Waals surface area contributed by atoms with Crippen LogP contribution in [-0.4, -0.2) is 15.1 Å². The minimum absolute atomic E-state index is 0.0213. The number of hydrogen-bond acceptors (Lipinski definition) is 4. The molecule has 22 heavy (non-hydrogen) atoms. The molecule has 1 aromatic carbocycles. The lowest BCUT2D eigenvalue weighted by atomic mass is 10.3. The fourth-order valence-corrected chi connectivity index (χ4v) is 1.75. The van der Waals surface area contributed by atoms with Crippen molar-refractivity contribution in [1.82, 2.24) is 15.3 Å². The van der Waals surface area contributed by atoms with E-state index >= 15 is 0 Å². The Bertz CT molecular complexity index is 660. The molecule has 0 radical (unpaired) electrons. The molecule has 0 bridgehead atoms. The Morgan fingerprint density at radius 3 is 2.55 bits per heavy atom. The van der Waals surface area contributed by atoms with Crippen LogP contribution in [0.2, 0.25) is 0 Å². The molecule has 0 aliphatic carbocycles. The summed E-state index contributed by atoms with van der Waals surface area (Å²) in [4.78, 5) is 6.96. The topological polar surface area (TPSA) is 75.9 Å². The Morgan fingerprint density at radius 1 is 1.23 bits per heavy atom. The van der Waals surface area contributed by atoms with E-state index in [1.807, 2.05) is 18.2 Å². The van der Waals surface area contributed by atoms with Crippen molar-refractivity contribution >= 4 is 28.8 Å². The number of nitrogens with zero attached hydrogens (tertiary/aromatic N) is 2. The van der Waals surface area contributed by atoms with Crippen molar-refractivity contribution in [1.29, 1.82) is 0 Å². The number of anilines is 2. The molecule has 1 aromatic heterocycles. The molecule has 5 nitrogen and oxygen atoms in total. The highest BCUT2D eigenvalue weighted by atomic mass is 32.1. The van der Waals surface area contributed by atoms with E-state index in [1.165, 1.54) is 0 Å². The number of nitrogen functional groups attached to an aromatic ring is 1. The van der Waals surface area contributed by atoms with Gasteiger partial charge < -0.3 is 16.4 Å². The van der Waals surface area contributed by atoms with E-state index < -0.39 is 11.9 Å². The Balaban J connectivity index is 2.00. The minimum Gasteiger partial charge on any atom is -0.382 e. The smallest absolute Gasteiger partial charge is 0.382 e. The van der Waals surface area contributed by atoms with Crippen molar-refractivity contribution in [2.45, 2.75) is 12.7 Å². The van der Waals surface area contributed by atoms with Gasteiger partial charge in [-0.3, -0.25) is 0 Å². The van der Waals surface area contributed by atoms with Gasteiger partial charge in [0.05, 0.1) is 12.7 Å². The lowest BCUT2D eigenvalue weighted by Gasteiger charge is -2.12. The van der Waals surface area contributed by atoms with Gasteiger partial charge in [0.15, 0.2) is 10.8 Å². The number of thiocarbonyl (C=S) groups is 1. The lowest BCUT2D eigenvalue weighted by molar-refractivity contribution is -0.141. The Morgan fingerprint density at radius 2 is 1.91 bits per heavy atom. The van der Waals surface area contributed by atoms with Gasteiger partial charge in [0.25, 0.3) is 0 Å². The average molecular weight is 327 g/mol. The van der Waals surface area contributed by atoms with Gasteiger partial charge in [0.1, 0.15) is 11.5 Å². The number of alkyl halides is 3. The molecular weight excluding hydrogens is 315 g/mol. The van der Waals surface area contributed by atoms with Gasteiger partial charge in [-0.2, -0.15) is 13.2 Å². The first kappa shape index (κ1) is 16.0. The standard InChI is InChI=1S/C13H12F3N5S/c14-13(15,16)10-7-18-11(17)9(21-10)6-19-12(22)20-8-4-2-1-3-5-8/h1-5,7H,6H2,(H2,17,18)(H2,19,20,22). The molecule has 0 spiro atoms. The maximum absolute atomic E-state index is 12.6. The number of para-hydroxylation sites is 1. The molecule has 9 heteroatoms. The lowest BCUT2D eigenvalue weighted by Crippen LogP contribution is -2.29. The summed E-state index contributed by atoms with van der Waals surface area (Å²) < 4.78 is 37.8. The largest absolute Gasteiger partial charge is 0.434 e. The minimum atomic E-state index is -4.57. The molecule has 0 atom stereocenters. The molecule has 4 N–H and O–H groups in total. The molecule has 0 saturated carbocycles. The first-order chi connectivity index (χ1) is 10.4. The molecule has 0 aliphatic rings. The van der Waals surface area contributed by atoms with Gasteiger partial charge in [-0.25, -0.2) is 9.97 Å². The maximum Gasteiger partial charge on any atom is 0.434 e. The Labute approximate surface area is 129 Å². The number of benzene rings is 1. The highest BCUT2D eigenvalue weighted by molar-refractivity contribution is 7.80. The number of hydrogen-bond donors (Lipinski definition) is 3. The summed E-state index contributed by atoms with van der Waals surface area (Å²) in [5, 5.41) is 5.86. The third-order valence-corrected chi connectivity index (χ3v) is 2.86. The highest BCUT2D eigenvalue weighted by Crippen LogP contribution is 2.27. The average Bonchev–Trinajstić information content (AvgIpc) is 2.46. The van der Waals surface area contributed by atoms with Gasteiger partial charge in [0, 0.05) is 5.69 Å². The summed E-state index contributed by atoms with van der Waals surface area (Å²) in [5.41, 5.74) is 5.16. The van der Waals surface area contributed by atoms with Gasteiger partial charge >= 0.3 is 6.18 Å². The van der Waals surface area contributed by atoms with E-state index in [1.54, 1.807) is 12.1 Å². The van der Waals surface area contributed by atoms with Crippen LogP contribution < -0.4 is 16.4 Å². The second kappa shape index (κ2) is 6.56. The van der Waals surface area contributed by atoms with Crippen molar-refractivity contribution < 1.29 is 13.2 Å². The predicted octanol–water partition coefficient (Wildman–Crippen LogP) is 2.56. The molecule has 0 amide bonds. The van der Waals surface area contributed by atoms with Crippen molar-refractivity contribution in [2.24, 2.45) is 0 Å². The van der Waals surface area contributed by atoms with Crippen LogP contribution in [0.15, 0.2) is 36.5 Å². The highest BCUT2D eigenvalue weighted by Gasteiger charge is 2.33. The molecule has 0 aliphatic heterocycles. The van der Waals surface area contributed by atoms with Gasteiger partial charge in [0.2, 0.25) is 0 Å². The zero-order chi connectivity index (χ0) is 16.2. The zero-order valence-electron chi connectivity index (χ0n) is 11.2. The molecule has 1 heterocycles. The Hall–Kier alpha value is -2.42.